The molecule has 10 nitrogen and oxygen atoms in total. The molecule has 0 radical (unpaired) electrons. The fraction of sp³-hybridized carbons (Fsp3) is 0.320. The molecule has 1 aromatic heterocycles. The Labute approximate surface area is 241 Å². The van der Waals surface area contributed by atoms with Crippen molar-refractivity contribution in [1.29, 1.82) is 0 Å². The van der Waals surface area contributed by atoms with E-state index in [4.69, 9.17) is 11.6 Å². The van der Waals surface area contributed by atoms with E-state index in [1.807, 2.05) is 4.72 Å². The highest BCUT2D eigenvalue weighted by Crippen LogP contribution is 2.34. The Balaban J connectivity index is 1.99. The molecule has 3 aromatic rings. The van der Waals surface area contributed by atoms with Crippen molar-refractivity contribution in [2.24, 2.45) is 0 Å². The van der Waals surface area contributed by atoms with Crippen molar-refractivity contribution in [3.63, 3.8) is 0 Å². The van der Waals surface area contributed by atoms with E-state index in [-0.39, 0.29) is 17.5 Å². The highest BCUT2D eigenvalue weighted by Gasteiger charge is 2.37. The van der Waals surface area contributed by atoms with Gasteiger partial charge in [0, 0.05) is 17.1 Å². The van der Waals surface area contributed by atoms with Crippen molar-refractivity contribution in [3.8, 4) is 11.4 Å². The smallest absolute Gasteiger partial charge is 0.385 e. The Morgan fingerprint density at radius 3 is 2.33 bits per heavy atom. The maximum atomic E-state index is 14.0. The molecule has 2 atom stereocenters. The summed E-state index contributed by atoms with van der Waals surface area (Å²) in [6, 6.07) is 8.30. The van der Waals surface area contributed by atoms with Gasteiger partial charge in [-0.25, -0.2) is 22.6 Å². The van der Waals surface area contributed by atoms with Gasteiger partial charge in [-0.3, -0.25) is 9.36 Å². The molecule has 0 bridgehead atoms. The fourth-order valence-electron chi connectivity index (χ4n) is 3.86. The normalized spacial score (nSPS) is 13.9. The van der Waals surface area contributed by atoms with E-state index in [0.717, 1.165) is 24.5 Å². The van der Waals surface area contributed by atoms with Crippen LogP contribution in [-0.4, -0.2) is 58.6 Å². The summed E-state index contributed by atoms with van der Waals surface area (Å²) in [6.07, 6.45) is -6.28. The molecule has 2 aromatic carbocycles. The Morgan fingerprint density at radius 2 is 1.76 bits per heavy atom. The summed E-state index contributed by atoms with van der Waals surface area (Å²) < 4.78 is 95.7. The molecule has 1 heterocycles. The van der Waals surface area contributed by atoms with Crippen molar-refractivity contribution >= 4 is 27.5 Å². The number of halogens is 6. The van der Waals surface area contributed by atoms with Crippen molar-refractivity contribution in [2.45, 2.75) is 37.3 Å². The van der Waals surface area contributed by atoms with Crippen LogP contribution in [0.1, 0.15) is 17.2 Å². The van der Waals surface area contributed by atoms with Gasteiger partial charge in [0.2, 0.25) is 15.9 Å². The van der Waals surface area contributed by atoms with Crippen LogP contribution in [0, 0.1) is 0 Å². The van der Waals surface area contributed by atoms with E-state index < -0.39 is 76.6 Å². The van der Waals surface area contributed by atoms with E-state index in [1.54, 1.807) is 0 Å². The average Bonchev–Trinajstić information content (AvgIpc) is 3.20. The SMILES string of the molecule is C=CC(F)(F)[C@@H](O)Cn1c(-c2ccc(Cl)cc2)nn(CC(=O)NC(CNS(C)(=O)=O)c2ccccc2C(F)(F)F)c1=O. The summed E-state index contributed by atoms with van der Waals surface area (Å²) in [5.74, 6) is -5.07. The third kappa shape index (κ3) is 8.24. The Hall–Kier alpha value is -3.60. The van der Waals surface area contributed by atoms with E-state index >= 15 is 0 Å². The van der Waals surface area contributed by atoms with Crippen LogP contribution in [0.15, 0.2) is 66.0 Å². The number of hydrogen-bond donors (Lipinski definition) is 3. The number of aliphatic hydroxyl groups is 1. The minimum absolute atomic E-state index is 0.200. The topological polar surface area (TPSA) is 135 Å². The minimum atomic E-state index is -4.85. The zero-order valence-electron chi connectivity index (χ0n) is 21.8. The summed E-state index contributed by atoms with van der Waals surface area (Å²) in [7, 11) is -3.89. The summed E-state index contributed by atoms with van der Waals surface area (Å²) in [6.45, 7) is 0.431. The summed E-state index contributed by atoms with van der Waals surface area (Å²) in [5.41, 5.74) is -2.48. The number of amides is 1. The fourth-order valence-corrected chi connectivity index (χ4v) is 4.46. The number of aliphatic hydroxyl groups excluding tert-OH is 1. The molecular weight excluding hydrogens is 613 g/mol. The van der Waals surface area contributed by atoms with Gasteiger partial charge < -0.3 is 10.4 Å². The maximum absolute atomic E-state index is 14.0. The lowest BCUT2D eigenvalue weighted by molar-refractivity contribution is -0.138. The molecule has 0 spiro atoms. The second kappa shape index (κ2) is 12.7. The first-order valence-electron chi connectivity index (χ1n) is 12.0. The largest absolute Gasteiger partial charge is 0.416 e. The molecule has 0 saturated heterocycles. The van der Waals surface area contributed by atoms with Crippen LogP contribution in [0.5, 0.6) is 0 Å². The molecule has 1 amide bonds. The van der Waals surface area contributed by atoms with Gasteiger partial charge in [-0.15, -0.1) is 5.10 Å². The number of aromatic nitrogens is 3. The minimum Gasteiger partial charge on any atom is -0.385 e. The van der Waals surface area contributed by atoms with Crippen LogP contribution in [0.2, 0.25) is 5.02 Å². The van der Waals surface area contributed by atoms with Crippen molar-refractivity contribution < 1.29 is 40.3 Å². The number of carbonyl (C=O) groups excluding carboxylic acids is 1. The molecule has 0 aliphatic rings. The van der Waals surface area contributed by atoms with Crippen molar-refractivity contribution in [1.82, 2.24) is 24.4 Å². The first-order chi connectivity index (χ1) is 19.4. The van der Waals surface area contributed by atoms with Gasteiger partial charge in [-0.05, 0) is 42.0 Å². The summed E-state index contributed by atoms with van der Waals surface area (Å²) in [4.78, 5) is 26.1. The summed E-state index contributed by atoms with van der Waals surface area (Å²) in [5, 5.41) is 16.7. The predicted octanol–water partition coefficient (Wildman–Crippen LogP) is 2.97. The second-order valence-electron chi connectivity index (χ2n) is 9.10. The van der Waals surface area contributed by atoms with E-state index in [1.165, 1.54) is 30.3 Å². The molecule has 228 valence electrons. The lowest BCUT2D eigenvalue weighted by Gasteiger charge is -2.23. The Morgan fingerprint density at radius 1 is 1.14 bits per heavy atom. The van der Waals surface area contributed by atoms with Crippen LogP contribution in [-0.2, 0) is 34.1 Å². The molecular formula is C25H25ClF5N5O5S. The van der Waals surface area contributed by atoms with Crippen LogP contribution in [0.25, 0.3) is 11.4 Å². The van der Waals surface area contributed by atoms with Crippen molar-refractivity contribution in [3.05, 3.63) is 87.8 Å². The van der Waals surface area contributed by atoms with Gasteiger partial charge in [-0.1, -0.05) is 36.4 Å². The number of hydrogen-bond acceptors (Lipinski definition) is 6. The first kappa shape index (κ1) is 32.9. The second-order valence-corrected chi connectivity index (χ2v) is 11.4. The number of benzene rings is 2. The van der Waals surface area contributed by atoms with E-state index in [0.29, 0.717) is 14.3 Å². The van der Waals surface area contributed by atoms with Crippen molar-refractivity contribution in [2.75, 3.05) is 12.8 Å². The lowest BCUT2D eigenvalue weighted by atomic mass is 10.00. The number of alkyl halides is 5. The van der Waals surface area contributed by atoms with Gasteiger partial charge >= 0.3 is 11.9 Å². The lowest BCUT2D eigenvalue weighted by Crippen LogP contribution is -2.42. The quantitative estimate of drug-likeness (QED) is 0.207. The monoisotopic (exact) mass is 637 g/mol. The molecule has 0 aliphatic heterocycles. The molecule has 42 heavy (non-hydrogen) atoms. The number of sulfonamides is 1. The zero-order valence-corrected chi connectivity index (χ0v) is 23.3. The summed E-state index contributed by atoms with van der Waals surface area (Å²) >= 11 is 5.89. The highest BCUT2D eigenvalue weighted by molar-refractivity contribution is 7.88. The van der Waals surface area contributed by atoms with Gasteiger partial charge in [-0.2, -0.15) is 22.0 Å². The molecule has 0 fully saturated rings. The first-order valence-corrected chi connectivity index (χ1v) is 14.2. The standard InChI is InChI=1S/C25H25ClF5N5O5S/c1-3-24(27,28)20(37)13-35-22(15-8-10-16(26)11-9-15)34-36(23(35)39)14-21(38)33-19(12-32-42(2,40)41)17-6-4-5-7-18(17)25(29,30)31/h3-11,19-20,32,37H,1,12-14H2,2H3,(H,33,38)/t19?,20-/m0/s1. The van der Waals surface area contributed by atoms with Gasteiger partial charge in [0.25, 0.3) is 5.92 Å². The molecule has 17 heteroatoms. The highest BCUT2D eigenvalue weighted by atomic mass is 35.5. The van der Waals surface area contributed by atoms with Gasteiger partial charge in [0.05, 0.1) is 24.4 Å². The van der Waals surface area contributed by atoms with E-state index in [9.17, 15) is 45.1 Å². The van der Waals surface area contributed by atoms with Gasteiger partial charge in [0.1, 0.15) is 12.6 Å². The number of nitrogens with zero attached hydrogens (tertiary/aromatic N) is 3. The van der Waals surface area contributed by atoms with Crippen LogP contribution in [0.3, 0.4) is 0 Å². The maximum Gasteiger partial charge on any atom is 0.416 e. The number of carbonyl (C=O) groups is 1. The van der Waals surface area contributed by atoms with Crippen LogP contribution in [0.4, 0.5) is 22.0 Å². The molecule has 0 saturated carbocycles. The molecule has 1 unspecified atom stereocenters. The van der Waals surface area contributed by atoms with Gasteiger partial charge in [0.15, 0.2) is 5.82 Å². The predicted molar refractivity (Wildman–Crippen MR) is 143 cm³/mol. The van der Waals surface area contributed by atoms with Crippen LogP contribution >= 0.6 is 11.6 Å². The zero-order chi connectivity index (χ0) is 31.5. The average molecular weight is 638 g/mol. The molecule has 3 rings (SSSR count). The van der Waals surface area contributed by atoms with E-state index in [2.05, 4.69) is 17.0 Å². The molecule has 3 N–H and O–H groups in total. The number of nitrogens with one attached hydrogen (secondary N) is 2. The number of rotatable bonds is 12. The Bertz CT molecular complexity index is 1610. The molecule has 0 aliphatic carbocycles. The Kier molecular flexibility index (Phi) is 9.97. The third-order valence-corrected chi connectivity index (χ3v) is 6.86. The van der Waals surface area contributed by atoms with Crippen LogP contribution < -0.4 is 15.7 Å². The third-order valence-electron chi connectivity index (χ3n) is 5.92.